The van der Waals surface area contributed by atoms with Crippen LogP contribution in [0.5, 0.6) is 5.75 Å². The molecule has 2 aromatic rings. The van der Waals surface area contributed by atoms with E-state index in [1.54, 1.807) is 33.9 Å². The summed E-state index contributed by atoms with van der Waals surface area (Å²) in [5.41, 5.74) is 1.05. The molecule has 2 rings (SSSR count). The van der Waals surface area contributed by atoms with Gasteiger partial charge in [0.25, 0.3) is 0 Å². The predicted octanol–water partition coefficient (Wildman–Crippen LogP) is 2.56. The van der Waals surface area contributed by atoms with Crippen molar-refractivity contribution in [2.75, 3.05) is 13.7 Å². The van der Waals surface area contributed by atoms with Crippen molar-refractivity contribution in [3.05, 3.63) is 22.7 Å². The molecule has 0 fully saturated rings. The monoisotopic (exact) mass is 366 g/mol. The molecule has 2 heterocycles. The van der Waals surface area contributed by atoms with Gasteiger partial charge in [-0.1, -0.05) is 0 Å². The van der Waals surface area contributed by atoms with Gasteiger partial charge in [0.15, 0.2) is 11.5 Å². The lowest BCUT2D eigenvalue weighted by Gasteiger charge is -2.19. The fourth-order valence-corrected chi connectivity index (χ4v) is 3.40. The highest BCUT2D eigenvalue weighted by Gasteiger charge is 2.21. The Morgan fingerprint density at radius 2 is 1.96 bits per heavy atom. The molecular weight excluding hydrogens is 342 g/mol. The number of pyridine rings is 1. The SMILES string of the molecule is COc1cc2sc(C(=O)CCC(=O)OC(C)(C)C)cc2[nH+]c1CCO. The molecule has 0 aliphatic rings. The predicted molar refractivity (Wildman–Crippen MR) is 95.1 cm³/mol. The minimum atomic E-state index is -0.549. The number of carbonyl (C=O) groups excluding carboxylic acids is 2. The molecule has 0 aliphatic heterocycles. The molecule has 2 N–H and O–H groups in total. The molecule has 0 aliphatic carbocycles. The Bertz CT molecular complexity index is 776. The van der Waals surface area contributed by atoms with E-state index in [4.69, 9.17) is 14.6 Å². The highest BCUT2D eigenvalue weighted by atomic mass is 32.1. The van der Waals surface area contributed by atoms with Crippen molar-refractivity contribution in [2.24, 2.45) is 0 Å². The van der Waals surface area contributed by atoms with Crippen molar-refractivity contribution in [1.29, 1.82) is 0 Å². The number of H-pyrrole nitrogens is 1. The summed E-state index contributed by atoms with van der Waals surface area (Å²) in [6.07, 6.45) is 0.617. The zero-order valence-electron chi connectivity index (χ0n) is 15.0. The van der Waals surface area contributed by atoms with Gasteiger partial charge in [0.2, 0.25) is 11.2 Å². The summed E-state index contributed by atoms with van der Waals surface area (Å²) < 4.78 is 11.4. The molecule has 0 unspecified atom stereocenters. The number of aromatic amines is 1. The summed E-state index contributed by atoms with van der Waals surface area (Å²) in [5.74, 6) is 0.180. The largest absolute Gasteiger partial charge is 0.491 e. The maximum atomic E-state index is 12.4. The lowest BCUT2D eigenvalue weighted by Crippen LogP contribution is -2.24. The Morgan fingerprint density at radius 3 is 2.56 bits per heavy atom. The molecule has 0 aromatic carbocycles. The van der Waals surface area contributed by atoms with Crippen LogP contribution < -0.4 is 9.72 Å². The van der Waals surface area contributed by atoms with Crippen LogP contribution in [0, 0.1) is 0 Å². The maximum absolute atomic E-state index is 12.4. The average molecular weight is 366 g/mol. The quantitative estimate of drug-likeness (QED) is 0.601. The minimum absolute atomic E-state index is 0.00415. The van der Waals surface area contributed by atoms with Crippen molar-refractivity contribution in [3.63, 3.8) is 0 Å². The third-order valence-electron chi connectivity index (χ3n) is 3.44. The van der Waals surface area contributed by atoms with Gasteiger partial charge in [-0.15, -0.1) is 11.3 Å². The van der Waals surface area contributed by atoms with Gasteiger partial charge in [-0.25, -0.2) is 4.98 Å². The number of carbonyl (C=O) groups is 2. The molecule has 0 amide bonds. The number of Topliss-reactive ketones (excluding diaryl/α,β-unsaturated/α-hetero) is 1. The van der Waals surface area contributed by atoms with Crippen LogP contribution in [-0.2, 0) is 16.0 Å². The summed E-state index contributed by atoms with van der Waals surface area (Å²) >= 11 is 1.35. The molecule has 0 radical (unpaired) electrons. The van der Waals surface area contributed by atoms with Crippen molar-refractivity contribution < 1.29 is 29.2 Å². The van der Waals surface area contributed by atoms with Crippen LogP contribution in [0.15, 0.2) is 12.1 Å². The second-order valence-corrected chi connectivity index (χ2v) is 7.77. The number of nitrogens with one attached hydrogen (secondary N) is 1. The van der Waals surface area contributed by atoms with Crippen molar-refractivity contribution >= 4 is 33.3 Å². The summed E-state index contributed by atoms with van der Waals surface area (Å²) in [5, 5.41) is 9.14. The Hall–Kier alpha value is -1.99. The molecular formula is C18H24NO5S+. The van der Waals surface area contributed by atoms with Crippen molar-refractivity contribution in [2.45, 2.75) is 45.6 Å². The van der Waals surface area contributed by atoms with Gasteiger partial charge in [-0.2, -0.15) is 0 Å². The number of aromatic nitrogens is 1. The highest BCUT2D eigenvalue weighted by molar-refractivity contribution is 7.20. The van der Waals surface area contributed by atoms with E-state index in [0.29, 0.717) is 17.0 Å². The fraction of sp³-hybridized carbons (Fsp3) is 0.500. The van der Waals surface area contributed by atoms with E-state index in [1.807, 2.05) is 6.07 Å². The number of rotatable bonds is 7. The maximum Gasteiger partial charge on any atom is 0.306 e. The molecule has 0 bridgehead atoms. The number of hydrogen-bond donors (Lipinski definition) is 1. The second kappa shape index (κ2) is 7.93. The number of hydrogen-bond acceptors (Lipinski definition) is 6. The van der Waals surface area contributed by atoms with Gasteiger partial charge in [0.05, 0.1) is 31.4 Å². The Labute approximate surface area is 150 Å². The molecule has 0 atom stereocenters. The molecule has 6 nitrogen and oxygen atoms in total. The number of ketones is 1. The second-order valence-electron chi connectivity index (χ2n) is 6.69. The summed E-state index contributed by atoms with van der Waals surface area (Å²) in [7, 11) is 1.57. The first-order valence-electron chi connectivity index (χ1n) is 8.12. The Kier molecular flexibility index (Phi) is 6.13. The van der Waals surface area contributed by atoms with Gasteiger partial charge < -0.3 is 14.6 Å². The van der Waals surface area contributed by atoms with E-state index >= 15 is 0 Å². The lowest BCUT2D eigenvalue weighted by atomic mass is 10.1. The average Bonchev–Trinajstić information content (AvgIpc) is 2.93. The van der Waals surface area contributed by atoms with Crippen LogP contribution >= 0.6 is 11.3 Å². The van der Waals surface area contributed by atoms with Crippen LogP contribution in [0.3, 0.4) is 0 Å². The smallest absolute Gasteiger partial charge is 0.306 e. The number of methoxy groups -OCH3 is 1. The summed E-state index contributed by atoms with van der Waals surface area (Å²) in [6, 6.07) is 3.63. The third-order valence-corrected chi connectivity index (χ3v) is 4.56. The number of thiophene rings is 1. The molecule has 0 spiro atoms. The van der Waals surface area contributed by atoms with E-state index < -0.39 is 5.60 Å². The number of esters is 1. The van der Waals surface area contributed by atoms with Gasteiger partial charge in [-0.05, 0) is 20.8 Å². The summed E-state index contributed by atoms with van der Waals surface area (Å²) in [4.78, 5) is 27.9. The van der Waals surface area contributed by atoms with Gasteiger partial charge in [0, 0.05) is 18.6 Å². The van der Waals surface area contributed by atoms with Gasteiger partial charge >= 0.3 is 5.97 Å². The molecule has 136 valence electrons. The third kappa shape index (κ3) is 5.24. The van der Waals surface area contributed by atoms with Crippen molar-refractivity contribution in [3.8, 4) is 5.75 Å². The van der Waals surface area contributed by atoms with E-state index in [1.165, 1.54) is 11.3 Å². The van der Waals surface area contributed by atoms with E-state index in [2.05, 4.69) is 4.98 Å². The topological polar surface area (TPSA) is 87.0 Å². The minimum Gasteiger partial charge on any atom is -0.491 e. The first-order chi connectivity index (χ1) is 11.7. The first kappa shape index (κ1) is 19.3. The fourth-order valence-electron chi connectivity index (χ4n) is 2.39. The highest BCUT2D eigenvalue weighted by Crippen LogP contribution is 2.28. The molecule has 0 saturated carbocycles. The Morgan fingerprint density at radius 1 is 1.24 bits per heavy atom. The number of ether oxygens (including phenoxy) is 2. The van der Waals surface area contributed by atoms with Crippen LogP contribution in [0.1, 0.15) is 49.0 Å². The molecule has 2 aromatic heterocycles. The molecule has 25 heavy (non-hydrogen) atoms. The van der Waals surface area contributed by atoms with Crippen LogP contribution in [0.2, 0.25) is 0 Å². The number of fused-ring (bicyclic) bond motifs is 1. The van der Waals surface area contributed by atoms with Gasteiger partial charge in [0.1, 0.15) is 10.3 Å². The number of aliphatic hydroxyl groups excluding tert-OH is 1. The lowest BCUT2D eigenvalue weighted by molar-refractivity contribution is -0.359. The first-order valence-corrected chi connectivity index (χ1v) is 8.94. The molecule has 7 heteroatoms. The van der Waals surface area contributed by atoms with Gasteiger partial charge in [-0.3, -0.25) is 9.59 Å². The van der Waals surface area contributed by atoms with Crippen LogP contribution in [0.25, 0.3) is 10.2 Å². The Balaban J connectivity index is 2.12. The zero-order chi connectivity index (χ0) is 18.6. The normalized spacial score (nSPS) is 11.6. The van der Waals surface area contributed by atoms with E-state index in [-0.39, 0.29) is 31.2 Å². The van der Waals surface area contributed by atoms with Crippen LogP contribution in [-0.4, -0.2) is 36.2 Å². The number of aliphatic hydroxyl groups is 1. The zero-order valence-corrected chi connectivity index (χ0v) is 15.8. The van der Waals surface area contributed by atoms with E-state index in [9.17, 15) is 9.59 Å². The summed E-state index contributed by atoms with van der Waals surface area (Å²) in [6.45, 7) is 5.40. The van der Waals surface area contributed by atoms with Crippen LogP contribution in [0.4, 0.5) is 0 Å². The standard InChI is InChI=1S/C18H23NO5S/c1-18(2,3)24-17(22)6-5-13(21)16-9-12-15(25-16)10-14(23-4)11(19-12)7-8-20/h9-10,20H,5-8H2,1-4H3/p+1. The van der Waals surface area contributed by atoms with E-state index in [0.717, 1.165) is 15.9 Å². The van der Waals surface area contributed by atoms with Crippen molar-refractivity contribution in [1.82, 2.24) is 0 Å². The molecule has 0 saturated heterocycles.